The molecule has 3 heterocycles. The number of hydrogen-bond donors (Lipinski definition) is 0. The van der Waals surface area contributed by atoms with E-state index in [2.05, 4.69) is 18.7 Å². The van der Waals surface area contributed by atoms with Crippen LogP contribution in [0.25, 0.3) is 10.2 Å². The number of nitrogens with zero attached hydrogens (tertiary/aromatic N) is 4. The van der Waals surface area contributed by atoms with E-state index >= 15 is 0 Å². The van der Waals surface area contributed by atoms with Gasteiger partial charge in [0.15, 0.2) is 0 Å². The first-order chi connectivity index (χ1) is 15.5. The number of anilines is 1. The number of piperazine rings is 1. The maximum absolute atomic E-state index is 13.2. The van der Waals surface area contributed by atoms with E-state index in [1.807, 2.05) is 16.2 Å². The average Bonchev–Trinajstić information content (AvgIpc) is 3.21. The van der Waals surface area contributed by atoms with Gasteiger partial charge in [-0.15, -0.1) is 11.3 Å². The van der Waals surface area contributed by atoms with Crippen molar-refractivity contribution in [3.8, 4) is 0 Å². The summed E-state index contributed by atoms with van der Waals surface area (Å²) in [5.74, 6) is 1.94. The number of rotatable bonds is 4. The lowest BCUT2D eigenvalue weighted by Gasteiger charge is -2.36. The summed E-state index contributed by atoms with van der Waals surface area (Å²) in [6.45, 7) is 7.11. The molecule has 1 fully saturated rings. The maximum Gasteiger partial charge on any atom is 0.253 e. The fourth-order valence-electron chi connectivity index (χ4n) is 4.68. The molecule has 7 heteroatoms. The van der Waals surface area contributed by atoms with Crippen molar-refractivity contribution < 1.29 is 9.18 Å². The van der Waals surface area contributed by atoms with Crippen molar-refractivity contribution >= 4 is 33.3 Å². The van der Waals surface area contributed by atoms with Crippen molar-refractivity contribution in [2.45, 2.75) is 51.9 Å². The predicted octanol–water partition coefficient (Wildman–Crippen LogP) is 5.19. The number of aromatic nitrogens is 2. The molecule has 1 atom stereocenters. The molecule has 3 aromatic rings. The minimum absolute atomic E-state index is 0.0364. The van der Waals surface area contributed by atoms with Crippen molar-refractivity contribution in [2.75, 3.05) is 31.1 Å². The Morgan fingerprint density at radius 2 is 1.81 bits per heavy atom. The highest BCUT2D eigenvalue weighted by atomic mass is 32.1. The van der Waals surface area contributed by atoms with E-state index in [0.717, 1.165) is 48.8 Å². The zero-order chi connectivity index (χ0) is 22.2. The number of carbonyl (C=O) groups is 1. The molecule has 5 rings (SSSR count). The van der Waals surface area contributed by atoms with Crippen LogP contribution >= 0.6 is 11.3 Å². The summed E-state index contributed by atoms with van der Waals surface area (Å²) < 4.78 is 13.2. The van der Waals surface area contributed by atoms with Crippen molar-refractivity contribution in [1.29, 1.82) is 0 Å². The molecule has 1 aromatic carbocycles. The van der Waals surface area contributed by atoms with Crippen LogP contribution in [-0.4, -0.2) is 47.0 Å². The molecule has 0 spiro atoms. The fraction of sp³-hybridized carbons (Fsp3) is 0.480. The molecule has 1 amide bonds. The van der Waals surface area contributed by atoms with E-state index in [0.29, 0.717) is 24.6 Å². The van der Waals surface area contributed by atoms with Gasteiger partial charge in [-0.2, -0.15) is 0 Å². The van der Waals surface area contributed by atoms with Gasteiger partial charge in [0.25, 0.3) is 5.91 Å². The van der Waals surface area contributed by atoms with Crippen LogP contribution in [0.1, 0.15) is 65.7 Å². The van der Waals surface area contributed by atoms with Gasteiger partial charge >= 0.3 is 0 Å². The summed E-state index contributed by atoms with van der Waals surface area (Å²) in [6.07, 6.45) is 5.75. The van der Waals surface area contributed by atoms with Crippen LogP contribution in [-0.2, 0) is 12.8 Å². The third-order valence-corrected chi connectivity index (χ3v) is 8.01. The molecular weight excluding hydrogens is 423 g/mol. The zero-order valence-corrected chi connectivity index (χ0v) is 19.6. The Morgan fingerprint density at radius 1 is 1.09 bits per heavy atom. The lowest BCUT2D eigenvalue weighted by molar-refractivity contribution is 0.0746. The molecule has 0 saturated carbocycles. The minimum atomic E-state index is -0.324. The van der Waals surface area contributed by atoms with Gasteiger partial charge in [0, 0.05) is 42.5 Å². The third kappa shape index (κ3) is 3.87. The molecular formula is C25H29FN4OS. The third-order valence-electron chi connectivity index (χ3n) is 6.82. The van der Waals surface area contributed by atoms with Gasteiger partial charge in [0.1, 0.15) is 22.3 Å². The molecule has 0 radical (unpaired) electrons. The smallest absolute Gasteiger partial charge is 0.253 e. The number of fused-ring (bicyclic) bond motifs is 3. The summed E-state index contributed by atoms with van der Waals surface area (Å²) in [4.78, 5) is 29.7. The Bertz CT molecular complexity index is 1140. The van der Waals surface area contributed by atoms with E-state index in [1.165, 1.54) is 40.8 Å². The molecule has 2 aliphatic rings. The monoisotopic (exact) mass is 452 g/mol. The highest BCUT2D eigenvalue weighted by Gasteiger charge is 2.28. The minimum Gasteiger partial charge on any atom is -0.352 e. The molecule has 1 unspecified atom stereocenters. The molecule has 32 heavy (non-hydrogen) atoms. The summed E-state index contributed by atoms with van der Waals surface area (Å²) in [6, 6.07) is 5.82. The molecule has 0 N–H and O–H groups in total. The first-order valence-corrected chi connectivity index (χ1v) is 12.5. The van der Waals surface area contributed by atoms with Crippen molar-refractivity contribution in [3.63, 3.8) is 0 Å². The zero-order valence-electron chi connectivity index (χ0n) is 18.7. The van der Waals surface area contributed by atoms with Crippen LogP contribution in [0.5, 0.6) is 0 Å². The van der Waals surface area contributed by atoms with E-state index in [4.69, 9.17) is 9.97 Å². The molecule has 5 nitrogen and oxygen atoms in total. The largest absolute Gasteiger partial charge is 0.352 e. The second kappa shape index (κ2) is 8.77. The van der Waals surface area contributed by atoms with Gasteiger partial charge < -0.3 is 9.80 Å². The normalized spacial score (nSPS) is 17.5. The van der Waals surface area contributed by atoms with Crippen LogP contribution in [0.2, 0.25) is 0 Å². The van der Waals surface area contributed by atoms with Crippen LogP contribution in [0.3, 0.4) is 0 Å². The Morgan fingerprint density at radius 3 is 2.53 bits per heavy atom. The molecule has 2 aromatic heterocycles. The quantitative estimate of drug-likeness (QED) is 0.547. The SMILES string of the molecule is CCC(C)c1nc(N2CCN(C(=O)c3ccc(F)cc3)CC2)c2c3c(sc2n1)CCCC3. The number of amides is 1. The van der Waals surface area contributed by atoms with Crippen molar-refractivity contribution in [2.24, 2.45) is 0 Å². The molecule has 1 aliphatic heterocycles. The van der Waals surface area contributed by atoms with Gasteiger partial charge in [-0.1, -0.05) is 13.8 Å². The summed E-state index contributed by atoms with van der Waals surface area (Å²) in [5.41, 5.74) is 1.99. The number of thiophene rings is 1. The van der Waals surface area contributed by atoms with Gasteiger partial charge in [0.2, 0.25) is 0 Å². The second-order valence-electron chi connectivity index (χ2n) is 8.89. The summed E-state index contributed by atoms with van der Waals surface area (Å²) in [5, 5.41) is 1.25. The highest BCUT2D eigenvalue weighted by Crippen LogP contribution is 2.40. The first kappa shape index (κ1) is 21.3. The van der Waals surface area contributed by atoms with E-state index in [-0.39, 0.29) is 11.7 Å². The number of carbonyl (C=O) groups excluding carboxylic acids is 1. The van der Waals surface area contributed by atoms with Crippen LogP contribution in [0, 0.1) is 5.82 Å². The van der Waals surface area contributed by atoms with E-state index in [9.17, 15) is 9.18 Å². The number of aryl methyl sites for hydroxylation is 2. The topological polar surface area (TPSA) is 49.3 Å². The predicted molar refractivity (Wildman–Crippen MR) is 127 cm³/mol. The van der Waals surface area contributed by atoms with Crippen molar-refractivity contribution in [3.05, 3.63) is 51.9 Å². The lowest BCUT2D eigenvalue weighted by Crippen LogP contribution is -2.49. The molecule has 1 aliphatic carbocycles. The molecule has 1 saturated heterocycles. The standard InChI is InChI=1S/C25H29FN4OS/c1-3-16(2)22-27-23(21-19-6-4-5-7-20(19)32-24(21)28-22)29-12-14-30(15-13-29)25(31)17-8-10-18(26)11-9-17/h8-11,16H,3-7,12-15H2,1-2H3. The summed E-state index contributed by atoms with van der Waals surface area (Å²) >= 11 is 1.85. The van der Waals surface area contributed by atoms with Gasteiger partial charge in [-0.3, -0.25) is 4.79 Å². The van der Waals surface area contributed by atoms with Crippen LogP contribution in [0.15, 0.2) is 24.3 Å². The highest BCUT2D eigenvalue weighted by molar-refractivity contribution is 7.19. The van der Waals surface area contributed by atoms with Gasteiger partial charge in [0.05, 0.1) is 5.39 Å². The Hall–Kier alpha value is -2.54. The van der Waals surface area contributed by atoms with Gasteiger partial charge in [-0.25, -0.2) is 14.4 Å². The second-order valence-corrected chi connectivity index (χ2v) is 9.98. The fourth-order valence-corrected chi connectivity index (χ4v) is 5.95. The van der Waals surface area contributed by atoms with Crippen LogP contribution < -0.4 is 4.90 Å². The first-order valence-electron chi connectivity index (χ1n) is 11.7. The maximum atomic E-state index is 13.2. The van der Waals surface area contributed by atoms with Gasteiger partial charge in [-0.05, 0) is 61.9 Å². The number of halogens is 1. The number of hydrogen-bond acceptors (Lipinski definition) is 5. The number of benzene rings is 1. The lowest BCUT2D eigenvalue weighted by atomic mass is 9.96. The average molecular weight is 453 g/mol. The van der Waals surface area contributed by atoms with Crippen LogP contribution in [0.4, 0.5) is 10.2 Å². The van der Waals surface area contributed by atoms with E-state index in [1.54, 1.807) is 12.1 Å². The Kier molecular flexibility index (Phi) is 5.84. The molecule has 0 bridgehead atoms. The Balaban J connectivity index is 1.43. The molecule has 168 valence electrons. The Labute approximate surface area is 192 Å². The van der Waals surface area contributed by atoms with E-state index < -0.39 is 0 Å². The van der Waals surface area contributed by atoms with Crippen molar-refractivity contribution in [1.82, 2.24) is 14.9 Å². The summed E-state index contributed by atoms with van der Waals surface area (Å²) in [7, 11) is 0.